The van der Waals surface area contributed by atoms with Crippen LogP contribution in [-0.4, -0.2) is 56.6 Å². The summed E-state index contributed by atoms with van der Waals surface area (Å²) in [6, 6.07) is 95.1. The molecule has 0 amide bonds. The van der Waals surface area contributed by atoms with Crippen LogP contribution in [0.2, 0.25) is 5.02 Å². The largest absolute Gasteiger partial charge is 0.481 e. The average molecular weight is 1050 g/mol. The summed E-state index contributed by atoms with van der Waals surface area (Å²) in [5.74, 6) is 1.39. The van der Waals surface area contributed by atoms with Crippen LogP contribution in [0.3, 0.4) is 0 Å². The number of halogens is 1. The molecule has 0 bridgehead atoms. The van der Waals surface area contributed by atoms with Crippen molar-refractivity contribution in [2.24, 2.45) is 0 Å². The van der Waals surface area contributed by atoms with E-state index >= 15 is 0 Å². The highest BCUT2D eigenvalue weighted by Gasteiger charge is 2.33. The van der Waals surface area contributed by atoms with Gasteiger partial charge in [0.25, 0.3) is 0 Å². The fourth-order valence-corrected chi connectivity index (χ4v) is 11.2. The smallest absolute Gasteiger partial charge is 0.462 e. The van der Waals surface area contributed by atoms with E-state index in [0.717, 1.165) is 11.4 Å². The number of ether oxygens (including phenoxy) is 1. The van der Waals surface area contributed by atoms with Gasteiger partial charge < -0.3 is 14.5 Å². The van der Waals surface area contributed by atoms with Crippen molar-refractivity contribution in [3.8, 4) is 17.6 Å². The molecule has 0 aliphatic heterocycles. The van der Waals surface area contributed by atoms with E-state index in [0.29, 0.717) is 22.7 Å². The first kappa shape index (κ1) is 54.7. The fourth-order valence-electron chi connectivity index (χ4n) is 10.9. The van der Waals surface area contributed by atoms with Gasteiger partial charge in [-0.3, -0.25) is 0 Å². The van der Waals surface area contributed by atoms with Gasteiger partial charge in [0.05, 0.1) is 30.9 Å². The number of anilines is 2. The Hall–Kier alpha value is -9.04. The molecule has 0 aliphatic carbocycles. The van der Waals surface area contributed by atoms with Crippen molar-refractivity contribution in [2.75, 3.05) is 38.0 Å². The highest BCUT2D eigenvalue weighted by Crippen LogP contribution is 2.27. The van der Waals surface area contributed by atoms with Crippen LogP contribution in [0.15, 0.2) is 292 Å². The van der Waals surface area contributed by atoms with E-state index in [4.69, 9.17) is 21.3 Å². The van der Waals surface area contributed by atoms with Crippen molar-refractivity contribution in [1.29, 1.82) is 0 Å². The van der Waals surface area contributed by atoms with Gasteiger partial charge in [0, 0.05) is 56.7 Å². The molecular formula is C69H67B2ClN6O. The van der Waals surface area contributed by atoms with E-state index < -0.39 is 12.3 Å². The molecule has 0 spiro atoms. The summed E-state index contributed by atoms with van der Waals surface area (Å²) in [6.07, 6.45) is 5.19. The molecule has 3 aromatic heterocycles. The lowest BCUT2D eigenvalue weighted by atomic mass is 9.13. The molecule has 11 rings (SSSR count). The molecule has 79 heavy (non-hydrogen) atoms. The van der Waals surface area contributed by atoms with Crippen molar-refractivity contribution in [3.63, 3.8) is 0 Å². The summed E-state index contributed by atoms with van der Waals surface area (Å²) in [5, 5.41) is 0.371. The minimum absolute atomic E-state index is 0.0645. The second-order valence-corrected chi connectivity index (χ2v) is 20.7. The van der Waals surface area contributed by atoms with E-state index in [1.807, 2.05) is 110 Å². The Labute approximate surface area is 472 Å². The third kappa shape index (κ3) is 12.2. The van der Waals surface area contributed by atoms with E-state index in [1.54, 1.807) is 0 Å². The van der Waals surface area contributed by atoms with Gasteiger partial charge in [0.1, 0.15) is 12.3 Å². The topological polar surface area (TPSA) is 49.3 Å². The molecule has 0 fully saturated rings. The number of nitrogens with zero attached hydrogens (tertiary/aromatic N) is 6. The third-order valence-electron chi connectivity index (χ3n) is 14.7. The van der Waals surface area contributed by atoms with Gasteiger partial charge in [-0.1, -0.05) is 254 Å². The van der Waals surface area contributed by atoms with Gasteiger partial charge in [0.2, 0.25) is 5.02 Å². The van der Waals surface area contributed by atoms with E-state index in [9.17, 15) is 0 Å². The number of benzene rings is 8. The maximum atomic E-state index is 6.62. The fraction of sp³-hybridized carbons (Fsp3) is 0.101. The van der Waals surface area contributed by atoms with E-state index in [-0.39, 0.29) is 6.10 Å². The van der Waals surface area contributed by atoms with Crippen LogP contribution >= 0.6 is 11.6 Å². The number of pyridine rings is 2. The Morgan fingerprint density at radius 3 is 0.823 bits per heavy atom. The molecule has 11 aromatic rings. The van der Waals surface area contributed by atoms with E-state index in [2.05, 4.69) is 248 Å². The average Bonchev–Trinajstić information content (AvgIpc) is 3.61. The van der Waals surface area contributed by atoms with Gasteiger partial charge in [0.15, 0.2) is 0 Å². The second kappa shape index (κ2) is 25.9. The molecule has 0 saturated carbocycles. The standard InChI is InChI=1S/2C24H20B.C21H27ClN6O/c2*1-5-13-21(14-6-1)25(22-15-7-2-8-16-22,23-17-9-3-10-18-23)24-19-11-4-12-20-24;1-15(2)29-20-18(22)19(27-11-7-16(8-12-27)25(3)4)23-21(24-20)28-13-9-17(10-14-28)26(5)6/h2*1-20H;7-15H,1-6H3/q2*-1;+2. The molecule has 7 nitrogen and oxygen atoms in total. The van der Waals surface area contributed by atoms with Crippen LogP contribution < -0.4 is 67.4 Å². The maximum absolute atomic E-state index is 6.62. The van der Waals surface area contributed by atoms with Crippen molar-refractivity contribution in [2.45, 2.75) is 20.0 Å². The van der Waals surface area contributed by atoms with Crippen LogP contribution in [0.4, 0.5) is 11.4 Å². The van der Waals surface area contributed by atoms with Gasteiger partial charge in [-0.15, -0.1) is 0 Å². The van der Waals surface area contributed by atoms with E-state index in [1.165, 1.54) is 43.7 Å². The summed E-state index contributed by atoms with van der Waals surface area (Å²) >= 11 is 6.62. The molecule has 3 heterocycles. The highest BCUT2D eigenvalue weighted by atomic mass is 35.5. The van der Waals surface area contributed by atoms with Gasteiger partial charge in [-0.05, 0) is 31.0 Å². The summed E-state index contributed by atoms with van der Waals surface area (Å²) in [4.78, 5) is 13.3. The predicted octanol–water partition coefficient (Wildman–Crippen LogP) is 8.73. The predicted molar refractivity (Wildman–Crippen MR) is 335 cm³/mol. The number of aromatic nitrogens is 4. The SMILES string of the molecule is CC(C)Oc1nc(-[n+]2ccc(N(C)C)cc2)nc(-[n+]2ccc(N(C)C)cc2)c1Cl.c1ccc([B-](c2ccccc2)(c2ccccc2)c2ccccc2)cc1.c1ccc([B-](c2ccccc2)(c2ccccc2)c2ccccc2)cc1. The zero-order valence-corrected chi connectivity index (χ0v) is 46.7. The third-order valence-corrected chi connectivity index (χ3v) is 15.0. The lowest BCUT2D eigenvalue weighted by Crippen LogP contribution is -2.74. The Morgan fingerprint density at radius 2 is 0.595 bits per heavy atom. The number of hydrogen-bond acceptors (Lipinski definition) is 5. The molecular weight excluding hydrogens is 986 g/mol. The van der Waals surface area contributed by atoms with Crippen LogP contribution in [0.25, 0.3) is 11.8 Å². The lowest BCUT2D eigenvalue weighted by Gasteiger charge is -2.44. The summed E-state index contributed by atoms with van der Waals surface area (Å²) in [5.41, 5.74) is 12.9. The van der Waals surface area contributed by atoms with Crippen LogP contribution in [0.1, 0.15) is 13.8 Å². The summed E-state index contributed by atoms with van der Waals surface area (Å²) in [6.45, 7) is 3.88. The molecule has 0 radical (unpaired) electrons. The van der Waals surface area contributed by atoms with Gasteiger partial charge >= 0.3 is 17.6 Å². The van der Waals surface area contributed by atoms with Crippen molar-refractivity contribution >= 4 is 79.0 Å². The quantitative estimate of drug-likeness (QED) is 0.0807. The maximum Gasteiger partial charge on any atom is 0.481 e. The van der Waals surface area contributed by atoms with Crippen LogP contribution in [-0.2, 0) is 0 Å². The molecule has 0 unspecified atom stereocenters. The minimum Gasteiger partial charge on any atom is -0.462 e. The zero-order chi connectivity index (χ0) is 55.0. The van der Waals surface area contributed by atoms with Crippen molar-refractivity contribution in [3.05, 3.63) is 297 Å². The Kier molecular flexibility index (Phi) is 17.9. The Bertz CT molecular complexity index is 3100. The minimum atomic E-state index is -1.22. The Morgan fingerprint density at radius 1 is 0.354 bits per heavy atom. The molecule has 0 N–H and O–H groups in total. The zero-order valence-electron chi connectivity index (χ0n) is 45.9. The summed E-state index contributed by atoms with van der Waals surface area (Å²) < 4.78 is 9.57. The monoisotopic (exact) mass is 1050 g/mol. The first-order valence-corrected chi connectivity index (χ1v) is 27.4. The first-order chi connectivity index (χ1) is 38.6. The summed E-state index contributed by atoms with van der Waals surface area (Å²) in [7, 11) is 7.99. The Balaban J connectivity index is 0.000000144. The van der Waals surface area contributed by atoms with Crippen molar-refractivity contribution < 1.29 is 13.9 Å². The highest BCUT2D eigenvalue weighted by molar-refractivity contribution is 7.20. The lowest BCUT2D eigenvalue weighted by molar-refractivity contribution is -0.614. The van der Waals surface area contributed by atoms with Gasteiger partial charge in [-0.2, -0.15) is 48.3 Å². The number of hydrogen-bond donors (Lipinski definition) is 0. The van der Waals surface area contributed by atoms with Crippen LogP contribution in [0, 0.1) is 0 Å². The molecule has 392 valence electrons. The molecule has 0 atom stereocenters. The molecule has 10 heteroatoms. The normalized spacial score (nSPS) is 11.1. The molecule has 8 aromatic carbocycles. The molecule has 0 saturated heterocycles. The first-order valence-electron chi connectivity index (χ1n) is 27.0. The van der Waals surface area contributed by atoms with Crippen LogP contribution in [0.5, 0.6) is 5.88 Å². The molecule has 0 aliphatic rings. The second-order valence-electron chi connectivity index (χ2n) is 20.4. The van der Waals surface area contributed by atoms with Gasteiger partial charge in [-0.25, -0.2) is 4.57 Å². The van der Waals surface area contributed by atoms with Crippen molar-refractivity contribution in [1.82, 2.24) is 9.97 Å². The number of rotatable bonds is 14.